The second kappa shape index (κ2) is 6.67. The maximum absolute atomic E-state index is 12.2. The van der Waals surface area contributed by atoms with Crippen molar-refractivity contribution in [3.05, 3.63) is 78.2 Å². The van der Waals surface area contributed by atoms with E-state index in [1.807, 2.05) is 37.3 Å². The Balaban J connectivity index is 1.69. The van der Waals surface area contributed by atoms with Crippen LogP contribution in [0.5, 0.6) is 0 Å². The standard InChI is InChI=1S/C18H18O5S/c1-15-7-9-17(10-8-15)24(19,20)23-12-11-18(21-13-14-22-18)16-5-3-2-4-6-16/h2-10,13-14H,11-12H2,1H3. The van der Waals surface area contributed by atoms with Gasteiger partial charge in [-0.3, -0.25) is 4.18 Å². The summed E-state index contributed by atoms with van der Waals surface area (Å²) in [5.41, 5.74) is 1.78. The molecule has 0 fully saturated rings. The van der Waals surface area contributed by atoms with Crippen LogP contribution < -0.4 is 0 Å². The van der Waals surface area contributed by atoms with E-state index in [-0.39, 0.29) is 17.9 Å². The van der Waals surface area contributed by atoms with E-state index in [0.29, 0.717) is 0 Å². The van der Waals surface area contributed by atoms with Crippen LogP contribution in [-0.2, 0) is 29.6 Å². The number of ether oxygens (including phenoxy) is 2. The number of hydrogen-bond acceptors (Lipinski definition) is 5. The SMILES string of the molecule is Cc1ccc(S(=O)(=O)OCCC2(c3ccccc3)OC=CO2)cc1. The number of hydrogen-bond donors (Lipinski definition) is 0. The molecule has 3 rings (SSSR count). The van der Waals surface area contributed by atoms with Crippen LogP contribution in [0.25, 0.3) is 0 Å². The van der Waals surface area contributed by atoms with Crippen LogP contribution >= 0.6 is 0 Å². The Bertz CT molecular complexity index is 802. The maximum Gasteiger partial charge on any atom is 0.296 e. The average Bonchev–Trinajstić information content (AvgIpc) is 3.06. The molecular formula is C18H18O5S. The molecular weight excluding hydrogens is 328 g/mol. The predicted molar refractivity (Wildman–Crippen MR) is 88.4 cm³/mol. The van der Waals surface area contributed by atoms with Gasteiger partial charge in [0.15, 0.2) is 0 Å². The quantitative estimate of drug-likeness (QED) is 0.750. The fraction of sp³-hybridized carbons (Fsp3) is 0.222. The Morgan fingerprint density at radius 2 is 1.58 bits per heavy atom. The highest BCUT2D eigenvalue weighted by Gasteiger charge is 2.38. The lowest BCUT2D eigenvalue weighted by Gasteiger charge is -2.27. The molecule has 2 aromatic carbocycles. The van der Waals surface area contributed by atoms with Gasteiger partial charge in [-0.2, -0.15) is 8.42 Å². The van der Waals surface area contributed by atoms with Crippen LogP contribution in [0.15, 0.2) is 72.0 Å². The zero-order chi connectivity index (χ0) is 17.0. The summed E-state index contributed by atoms with van der Waals surface area (Å²) in [6, 6.07) is 15.9. The Hall–Kier alpha value is -2.31. The number of benzene rings is 2. The Kier molecular flexibility index (Phi) is 4.59. The first kappa shape index (κ1) is 16.5. The van der Waals surface area contributed by atoms with Crippen LogP contribution in [-0.4, -0.2) is 15.0 Å². The van der Waals surface area contributed by atoms with Gasteiger partial charge in [-0.1, -0.05) is 48.0 Å². The third-order valence-electron chi connectivity index (χ3n) is 3.77. The molecule has 6 heteroatoms. The first-order valence-electron chi connectivity index (χ1n) is 7.54. The van der Waals surface area contributed by atoms with Gasteiger partial charge in [0.25, 0.3) is 15.9 Å². The topological polar surface area (TPSA) is 61.8 Å². The molecule has 126 valence electrons. The van der Waals surface area contributed by atoms with Crippen molar-refractivity contribution in [3.63, 3.8) is 0 Å². The minimum atomic E-state index is -3.81. The van der Waals surface area contributed by atoms with E-state index in [1.165, 1.54) is 24.7 Å². The Morgan fingerprint density at radius 3 is 2.21 bits per heavy atom. The molecule has 0 amide bonds. The first-order valence-corrected chi connectivity index (χ1v) is 8.95. The van der Waals surface area contributed by atoms with E-state index in [0.717, 1.165) is 11.1 Å². The normalized spacial score (nSPS) is 15.7. The summed E-state index contributed by atoms with van der Waals surface area (Å²) in [6.07, 6.45) is 3.12. The predicted octanol–water partition coefficient (Wildman–Crippen LogP) is 3.46. The molecule has 1 heterocycles. The van der Waals surface area contributed by atoms with Crippen molar-refractivity contribution in [2.24, 2.45) is 0 Å². The molecule has 5 nitrogen and oxygen atoms in total. The number of aryl methyl sites for hydroxylation is 1. The van der Waals surface area contributed by atoms with Gasteiger partial charge in [0.05, 0.1) is 17.9 Å². The summed E-state index contributed by atoms with van der Waals surface area (Å²) in [5.74, 6) is -1.05. The molecule has 2 aromatic rings. The van der Waals surface area contributed by atoms with E-state index in [9.17, 15) is 8.42 Å². The van der Waals surface area contributed by atoms with Crippen molar-refractivity contribution in [3.8, 4) is 0 Å². The summed E-state index contributed by atoms with van der Waals surface area (Å²) < 4.78 is 40.8. The molecule has 0 aromatic heterocycles. The van der Waals surface area contributed by atoms with Crippen molar-refractivity contribution in [2.75, 3.05) is 6.61 Å². The lowest BCUT2D eigenvalue weighted by Crippen LogP contribution is -2.29. The highest BCUT2D eigenvalue weighted by molar-refractivity contribution is 7.86. The van der Waals surface area contributed by atoms with Crippen molar-refractivity contribution in [1.82, 2.24) is 0 Å². The van der Waals surface area contributed by atoms with E-state index in [4.69, 9.17) is 13.7 Å². The second-order valence-electron chi connectivity index (χ2n) is 5.47. The van der Waals surface area contributed by atoms with Crippen molar-refractivity contribution in [1.29, 1.82) is 0 Å². The summed E-state index contributed by atoms with van der Waals surface area (Å²) in [5, 5.41) is 0. The van der Waals surface area contributed by atoms with E-state index >= 15 is 0 Å². The lowest BCUT2D eigenvalue weighted by atomic mass is 10.0. The molecule has 0 radical (unpaired) electrons. The van der Waals surface area contributed by atoms with Gasteiger partial charge in [-0.25, -0.2) is 0 Å². The lowest BCUT2D eigenvalue weighted by molar-refractivity contribution is -0.159. The van der Waals surface area contributed by atoms with Crippen LogP contribution in [0, 0.1) is 6.92 Å². The fourth-order valence-corrected chi connectivity index (χ4v) is 3.36. The fourth-order valence-electron chi connectivity index (χ4n) is 2.45. The third kappa shape index (κ3) is 3.44. The minimum absolute atomic E-state index is 0.0627. The van der Waals surface area contributed by atoms with E-state index in [1.54, 1.807) is 12.1 Å². The Morgan fingerprint density at radius 1 is 0.958 bits per heavy atom. The van der Waals surface area contributed by atoms with Crippen molar-refractivity contribution < 1.29 is 22.1 Å². The second-order valence-corrected chi connectivity index (χ2v) is 7.08. The molecule has 0 saturated heterocycles. The zero-order valence-electron chi connectivity index (χ0n) is 13.2. The highest BCUT2D eigenvalue weighted by atomic mass is 32.2. The molecule has 24 heavy (non-hydrogen) atoms. The first-order chi connectivity index (χ1) is 11.5. The van der Waals surface area contributed by atoms with E-state index in [2.05, 4.69) is 0 Å². The summed E-state index contributed by atoms with van der Waals surface area (Å²) in [6.45, 7) is 1.83. The van der Waals surface area contributed by atoms with Crippen LogP contribution in [0.4, 0.5) is 0 Å². The average molecular weight is 346 g/mol. The molecule has 1 aliphatic rings. The van der Waals surface area contributed by atoms with Gasteiger partial charge in [0, 0.05) is 5.56 Å². The van der Waals surface area contributed by atoms with Gasteiger partial charge < -0.3 is 9.47 Å². The molecule has 0 bridgehead atoms. The molecule has 0 unspecified atom stereocenters. The Labute approximate surface area is 141 Å². The largest absolute Gasteiger partial charge is 0.453 e. The monoisotopic (exact) mass is 346 g/mol. The van der Waals surface area contributed by atoms with Crippen LogP contribution in [0.2, 0.25) is 0 Å². The molecule has 0 N–H and O–H groups in total. The van der Waals surface area contributed by atoms with Gasteiger partial charge >= 0.3 is 0 Å². The van der Waals surface area contributed by atoms with Crippen LogP contribution in [0.3, 0.4) is 0 Å². The number of rotatable bonds is 6. The maximum atomic E-state index is 12.2. The van der Waals surface area contributed by atoms with E-state index < -0.39 is 15.9 Å². The molecule has 1 aliphatic heterocycles. The smallest absolute Gasteiger partial charge is 0.296 e. The molecule has 0 saturated carbocycles. The minimum Gasteiger partial charge on any atom is -0.453 e. The van der Waals surface area contributed by atoms with Gasteiger partial charge in [-0.15, -0.1) is 0 Å². The van der Waals surface area contributed by atoms with Gasteiger partial charge in [0.2, 0.25) is 0 Å². The summed E-state index contributed by atoms with van der Waals surface area (Å²) >= 11 is 0. The van der Waals surface area contributed by atoms with Crippen molar-refractivity contribution >= 4 is 10.1 Å². The molecule has 0 aliphatic carbocycles. The molecule has 0 atom stereocenters. The zero-order valence-corrected chi connectivity index (χ0v) is 14.0. The highest BCUT2D eigenvalue weighted by Crippen LogP contribution is 2.35. The van der Waals surface area contributed by atoms with Gasteiger partial charge in [-0.05, 0) is 19.1 Å². The van der Waals surface area contributed by atoms with Crippen LogP contribution in [0.1, 0.15) is 17.5 Å². The van der Waals surface area contributed by atoms with Crippen molar-refractivity contribution in [2.45, 2.75) is 24.0 Å². The molecule has 0 spiro atoms. The summed E-state index contributed by atoms with van der Waals surface area (Å²) in [4.78, 5) is 0.133. The summed E-state index contributed by atoms with van der Waals surface area (Å²) in [7, 11) is -3.81. The van der Waals surface area contributed by atoms with Gasteiger partial charge in [0.1, 0.15) is 12.5 Å². The third-order valence-corrected chi connectivity index (χ3v) is 5.09.